The summed E-state index contributed by atoms with van der Waals surface area (Å²) in [6.45, 7) is 20.5. The molecule has 1 unspecified atom stereocenters. The van der Waals surface area contributed by atoms with Gasteiger partial charge in [0, 0.05) is 11.3 Å². The maximum atomic E-state index is 4.08. The molecular formula is C35H44. The lowest BCUT2D eigenvalue weighted by molar-refractivity contribution is 0.319. The predicted octanol–water partition coefficient (Wildman–Crippen LogP) is 10.0. The largest absolute Gasteiger partial charge is 0.102 e. The Balaban J connectivity index is 1.73. The van der Waals surface area contributed by atoms with Crippen LogP contribution in [0.5, 0.6) is 0 Å². The van der Waals surface area contributed by atoms with Gasteiger partial charge in [-0.05, 0) is 75.0 Å². The highest BCUT2D eigenvalue weighted by atomic mass is 14.5. The van der Waals surface area contributed by atoms with E-state index in [0.717, 1.165) is 6.42 Å². The standard InChI is InChI=1S/C35H44/c1-9-23(2)24-12-13-27(20-24)35(18-10-11-19-35)32-30-21-25(33(3,4)5)14-16-28(30)29-17-15-26(22-31(29)32)34(6,7)8/h9,12,14-17,20-23,32H,1,10-11,13,18-19H2,2-8H3. The minimum Gasteiger partial charge on any atom is -0.102 e. The van der Waals surface area contributed by atoms with Crippen LogP contribution < -0.4 is 0 Å². The van der Waals surface area contributed by atoms with Gasteiger partial charge >= 0.3 is 0 Å². The normalized spacial score (nSPS) is 20.3. The van der Waals surface area contributed by atoms with Gasteiger partial charge in [0.1, 0.15) is 0 Å². The van der Waals surface area contributed by atoms with E-state index in [2.05, 4.69) is 110 Å². The summed E-state index contributed by atoms with van der Waals surface area (Å²) < 4.78 is 0. The molecule has 0 saturated heterocycles. The van der Waals surface area contributed by atoms with Crippen molar-refractivity contribution in [3.05, 3.63) is 94.6 Å². The van der Waals surface area contributed by atoms with Crippen LogP contribution in [0, 0.1) is 11.3 Å². The first-order valence-corrected chi connectivity index (χ1v) is 13.8. The lowest BCUT2D eigenvalue weighted by atomic mass is 9.64. The first-order chi connectivity index (χ1) is 16.5. The summed E-state index contributed by atoms with van der Waals surface area (Å²) in [5.74, 6) is 0.867. The highest BCUT2D eigenvalue weighted by molar-refractivity contribution is 5.81. The molecule has 0 bridgehead atoms. The summed E-state index contributed by atoms with van der Waals surface area (Å²) in [5, 5.41) is 0. The van der Waals surface area contributed by atoms with E-state index in [9.17, 15) is 0 Å². The zero-order valence-electron chi connectivity index (χ0n) is 23.1. The van der Waals surface area contributed by atoms with E-state index < -0.39 is 0 Å². The Morgan fingerprint density at radius 1 is 0.857 bits per heavy atom. The molecule has 5 rings (SSSR count). The van der Waals surface area contributed by atoms with Crippen LogP contribution >= 0.6 is 0 Å². The first kappa shape index (κ1) is 24.4. The summed E-state index contributed by atoms with van der Waals surface area (Å²) in [7, 11) is 0. The fraction of sp³-hybridized carbons (Fsp3) is 0.486. The van der Waals surface area contributed by atoms with Crippen molar-refractivity contribution in [1.29, 1.82) is 0 Å². The smallest absolute Gasteiger partial charge is 0.0196 e. The minimum absolute atomic E-state index is 0.147. The fourth-order valence-electron chi connectivity index (χ4n) is 6.94. The third-order valence-electron chi connectivity index (χ3n) is 9.21. The van der Waals surface area contributed by atoms with Crippen LogP contribution in [0.4, 0.5) is 0 Å². The molecule has 2 aromatic carbocycles. The van der Waals surface area contributed by atoms with Crippen LogP contribution in [0.3, 0.4) is 0 Å². The van der Waals surface area contributed by atoms with Crippen molar-refractivity contribution in [2.45, 2.75) is 97.3 Å². The Morgan fingerprint density at radius 3 is 1.83 bits per heavy atom. The lowest BCUT2D eigenvalue weighted by Gasteiger charge is -2.39. The monoisotopic (exact) mass is 464 g/mol. The second kappa shape index (κ2) is 8.36. The summed E-state index contributed by atoms with van der Waals surface area (Å²) >= 11 is 0. The number of hydrogen-bond donors (Lipinski definition) is 0. The first-order valence-electron chi connectivity index (χ1n) is 13.8. The highest BCUT2D eigenvalue weighted by Gasteiger charge is 2.49. The van der Waals surface area contributed by atoms with Crippen LogP contribution in [-0.4, -0.2) is 0 Å². The SMILES string of the molecule is C=CC(C)C1=CCC(C2(C3c4cc(C(C)(C)C)ccc4-c4ccc(C(C)(C)C)cc43)CCCC2)=C1. The third kappa shape index (κ3) is 3.98. The summed E-state index contributed by atoms with van der Waals surface area (Å²) in [4.78, 5) is 0. The molecule has 0 heterocycles. The molecule has 184 valence electrons. The summed E-state index contributed by atoms with van der Waals surface area (Å²) in [6, 6.07) is 14.8. The molecule has 1 atom stereocenters. The van der Waals surface area contributed by atoms with E-state index in [-0.39, 0.29) is 16.2 Å². The second-order valence-corrected chi connectivity index (χ2v) is 13.5. The number of fused-ring (bicyclic) bond motifs is 3. The molecule has 35 heavy (non-hydrogen) atoms. The van der Waals surface area contributed by atoms with Crippen molar-refractivity contribution in [1.82, 2.24) is 0 Å². The Kier molecular flexibility index (Phi) is 5.82. The third-order valence-corrected chi connectivity index (χ3v) is 9.21. The average Bonchev–Trinajstić information content (AvgIpc) is 3.54. The zero-order chi connectivity index (χ0) is 25.2. The van der Waals surface area contributed by atoms with E-state index >= 15 is 0 Å². The molecule has 0 radical (unpaired) electrons. The number of rotatable bonds is 4. The van der Waals surface area contributed by atoms with Crippen molar-refractivity contribution in [2.24, 2.45) is 11.3 Å². The molecule has 0 heteroatoms. The van der Waals surface area contributed by atoms with Gasteiger partial charge in [0.15, 0.2) is 0 Å². The van der Waals surface area contributed by atoms with Crippen molar-refractivity contribution < 1.29 is 0 Å². The van der Waals surface area contributed by atoms with Gasteiger partial charge < -0.3 is 0 Å². The minimum atomic E-state index is 0.147. The molecular weight excluding hydrogens is 420 g/mol. The number of benzene rings is 2. The zero-order valence-corrected chi connectivity index (χ0v) is 23.1. The van der Waals surface area contributed by atoms with Crippen LogP contribution in [0.1, 0.15) is 109 Å². The maximum Gasteiger partial charge on any atom is 0.0196 e. The molecule has 0 amide bonds. The van der Waals surface area contributed by atoms with E-state index in [1.807, 2.05) is 0 Å². The molecule has 0 spiro atoms. The van der Waals surface area contributed by atoms with E-state index in [0.29, 0.717) is 11.8 Å². The fourth-order valence-corrected chi connectivity index (χ4v) is 6.94. The second-order valence-electron chi connectivity index (χ2n) is 13.5. The predicted molar refractivity (Wildman–Crippen MR) is 152 cm³/mol. The van der Waals surface area contributed by atoms with E-state index in [1.54, 1.807) is 16.7 Å². The Morgan fingerprint density at radius 2 is 1.37 bits per heavy atom. The van der Waals surface area contributed by atoms with Crippen molar-refractivity contribution in [3.63, 3.8) is 0 Å². The lowest BCUT2D eigenvalue weighted by Crippen LogP contribution is -2.28. The van der Waals surface area contributed by atoms with Gasteiger partial charge in [-0.25, -0.2) is 0 Å². The van der Waals surface area contributed by atoms with Crippen LogP contribution in [0.15, 0.2) is 72.4 Å². The molecule has 0 N–H and O–H groups in total. The molecule has 1 saturated carbocycles. The molecule has 1 fully saturated rings. The molecule has 2 aromatic rings. The Hall–Kier alpha value is -2.34. The van der Waals surface area contributed by atoms with Crippen molar-refractivity contribution >= 4 is 0 Å². The van der Waals surface area contributed by atoms with Gasteiger partial charge in [-0.15, -0.1) is 6.58 Å². The number of hydrogen-bond acceptors (Lipinski definition) is 0. The van der Waals surface area contributed by atoms with Crippen molar-refractivity contribution in [3.8, 4) is 11.1 Å². The molecule has 3 aliphatic rings. The van der Waals surface area contributed by atoms with Crippen LogP contribution in [-0.2, 0) is 10.8 Å². The maximum absolute atomic E-state index is 4.08. The molecule has 0 aromatic heterocycles. The van der Waals surface area contributed by atoms with Crippen LogP contribution in [0.2, 0.25) is 0 Å². The molecule has 0 aliphatic heterocycles. The summed E-state index contributed by atoms with van der Waals surface area (Å²) in [6.07, 6.45) is 13.5. The molecule has 3 aliphatic carbocycles. The average molecular weight is 465 g/mol. The van der Waals surface area contributed by atoms with E-state index in [4.69, 9.17) is 0 Å². The Bertz CT molecular complexity index is 1150. The van der Waals surface area contributed by atoms with Gasteiger partial charge in [0.05, 0.1) is 0 Å². The number of allylic oxidation sites excluding steroid dienone is 5. The summed E-state index contributed by atoms with van der Waals surface area (Å²) in [5.41, 5.74) is 12.6. The topological polar surface area (TPSA) is 0 Å². The van der Waals surface area contributed by atoms with Gasteiger partial charge in [-0.2, -0.15) is 0 Å². The molecule has 0 nitrogen and oxygen atoms in total. The van der Waals surface area contributed by atoms with Gasteiger partial charge in [-0.1, -0.05) is 122 Å². The van der Waals surface area contributed by atoms with Crippen LogP contribution in [0.25, 0.3) is 11.1 Å². The highest BCUT2D eigenvalue weighted by Crippen LogP contribution is 2.63. The Labute approximate surface area is 214 Å². The van der Waals surface area contributed by atoms with Gasteiger partial charge in [0.2, 0.25) is 0 Å². The quantitative estimate of drug-likeness (QED) is 0.395. The van der Waals surface area contributed by atoms with Gasteiger partial charge in [-0.3, -0.25) is 0 Å². The van der Waals surface area contributed by atoms with Crippen molar-refractivity contribution in [2.75, 3.05) is 0 Å². The van der Waals surface area contributed by atoms with Gasteiger partial charge in [0.25, 0.3) is 0 Å². The van der Waals surface area contributed by atoms with E-state index in [1.165, 1.54) is 53.5 Å².